The van der Waals surface area contributed by atoms with E-state index in [0.717, 1.165) is 30.2 Å². The first-order valence-corrected chi connectivity index (χ1v) is 8.55. The number of benzene rings is 1. The molecule has 1 aromatic carbocycles. The maximum atomic E-state index is 12.1. The summed E-state index contributed by atoms with van der Waals surface area (Å²) in [5.41, 5.74) is 1.77. The SMILES string of the molecule is CN=C(NCc1ccc(COCC(F)(F)F)cc1)N1CCCC(C)C1.I. The Kier molecular flexibility index (Phi) is 9.70. The normalized spacial score (nSPS) is 18.4. The second-order valence-corrected chi connectivity index (χ2v) is 6.52. The number of halogens is 4. The molecular formula is C18H27F3IN3O. The largest absolute Gasteiger partial charge is 0.411 e. The van der Waals surface area contributed by atoms with Crippen LogP contribution in [0.15, 0.2) is 29.3 Å². The number of nitrogens with zero attached hydrogens (tertiary/aromatic N) is 2. The molecule has 0 spiro atoms. The second-order valence-electron chi connectivity index (χ2n) is 6.52. The summed E-state index contributed by atoms with van der Waals surface area (Å²) in [4.78, 5) is 6.62. The summed E-state index contributed by atoms with van der Waals surface area (Å²) in [5.74, 6) is 1.56. The lowest BCUT2D eigenvalue weighted by atomic mass is 10.0. The molecule has 0 amide bonds. The maximum absolute atomic E-state index is 12.1. The van der Waals surface area contributed by atoms with Crippen LogP contribution in [0, 0.1) is 5.92 Å². The van der Waals surface area contributed by atoms with Crippen LogP contribution in [0.2, 0.25) is 0 Å². The van der Waals surface area contributed by atoms with Gasteiger partial charge in [0.2, 0.25) is 0 Å². The van der Waals surface area contributed by atoms with Crippen molar-refractivity contribution in [3.8, 4) is 0 Å². The molecule has 0 saturated carbocycles. The van der Waals surface area contributed by atoms with Crippen molar-refractivity contribution < 1.29 is 17.9 Å². The topological polar surface area (TPSA) is 36.9 Å². The highest BCUT2D eigenvalue weighted by Gasteiger charge is 2.27. The molecule has 1 aliphatic rings. The number of ether oxygens (including phenoxy) is 1. The number of hydrogen-bond donors (Lipinski definition) is 1. The summed E-state index contributed by atoms with van der Waals surface area (Å²) in [5, 5.41) is 3.35. The monoisotopic (exact) mass is 485 g/mol. The van der Waals surface area contributed by atoms with Crippen LogP contribution in [0.4, 0.5) is 13.2 Å². The molecule has 1 N–H and O–H groups in total. The number of rotatable bonds is 5. The lowest BCUT2D eigenvalue weighted by molar-refractivity contribution is -0.176. The molecule has 1 fully saturated rings. The molecule has 1 aromatic rings. The van der Waals surface area contributed by atoms with Crippen LogP contribution in [-0.4, -0.2) is 43.8 Å². The van der Waals surface area contributed by atoms with Crippen molar-refractivity contribution in [2.45, 2.75) is 39.1 Å². The van der Waals surface area contributed by atoms with Crippen LogP contribution >= 0.6 is 24.0 Å². The molecule has 2 rings (SSSR count). The average Bonchev–Trinajstić information content (AvgIpc) is 2.56. The molecule has 0 radical (unpaired) electrons. The molecular weight excluding hydrogens is 458 g/mol. The summed E-state index contributed by atoms with van der Waals surface area (Å²) in [6, 6.07) is 7.37. The van der Waals surface area contributed by atoms with E-state index in [9.17, 15) is 13.2 Å². The fraction of sp³-hybridized carbons (Fsp3) is 0.611. The highest BCUT2D eigenvalue weighted by Crippen LogP contribution is 2.17. The zero-order valence-electron chi connectivity index (χ0n) is 15.2. The van der Waals surface area contributed by atoms with E-state index in [2.05, 4.69) is 26.9 Å². The van der Waals surface area contributed by atoms with Gasteiger partial charge in [0.1, 0.15) is 6.61 Å². The van der Waals surface area contributed by atoms with Gasteiger partial charge in [0, 0.05) is 26.7 Å². The Morgan fingerprint density at radius 3 is 2.50 bits per heavy atom. The molecule has 26 heavy (non-hydrogen) atoms. The number of nitrogens with one attached hydrogen (secondary N) is 1. The molecule has 1 unspecified atom stereocenters. The van der Waals surface area contributed by atoms with Crippen LogP contribution in [0.1, 0.15) is 30.9 Å². The van der Waals surface area contributed by atoms with Gasteiger partial charge in [-0.05, 0) is 29.9 Å². The lowest BCUT2D eigenvalue weighted by Crippen LogP contribution is -2.45. The summed E-state index contributed by atoms with van der Waals surface area (Å²) in [6.45, 7) is 3.64. The molecule has 1 saturated heterocycles. The number of alkyl halides is 3. The predicted octanol–water partition coefficient (Wildman–Crippen LogP) is 4.19. The number of guanidine groups is 1. The Labute approximate surface area is 170 Å². The lowest BCUT2D eigenvalue weighted by Gasteiger charge is -2.33. The number of aliphatic imine (C=N–C) groups is 1. The third kappa shape index (κ3) is 8.11. The smallest absolute Gasteiger partial charge is 0.367 e. The van der Waals surface area contributed by atoms with Gasteiger partial charge in [-0.3, -0.25) is 4.99 Å². The van der Waals surface area contributed by atoms with Gasteiger partial charge in [-0.25, -0.2) is 0 Å². The van der Waals surface area contributed by atoms with Crippen LogP contribution in [0.5, 0.6) is 0 Å². The van der Waals surface area contributed by atoms with E-state index in [4.69, 9.17) is 0 Å². The van der Waals surface area contributed by atoms with E-state index in [-0.39, 0.29) is 30.6 Å². The zero-order valence-corrected chi connectivity index (χ0v) is 17.5. The molecule has 8 heteroatoms. The fourth-order valence-corrected chi connectivity index (χ4v) is 2.93. The van der Waals surface area contributed by atoms with E-state index in [1.54, 1.807) is 19.2 Å². The molecule has 0 aromatic heterocycles. The van der Waals surface area contributed by atoms with E-state index in [0.29, 0.717) is 12.5 Å². The standard InChI is InChI=1S/C18H26F3N3O.HI/c1-14-4-3-9-24(11-14)17(22-2)23-10-15-5-7-16(8-6-15)12-25-13-18(19,20)21;/h5-8,14H,3-4,9-13H2,1-2H3,(H,22,23);1H. The summed E-state index contributed by atoms with van der Waals surface area (Å²) >= 11 is 0. The molecule has 1 heterocycles. The molecule has 148 valence electrons. The van der Waals surface area contributed by atoms with Crippen molar-refractivity contribution in [1.82, 2.24) is 10.2 Å². The van der Waals surface area contributed by atoms with Gasteiger partial charge < -0.3 is 15.0 Å². The van der Waals surface area contributed by atoms with Crippen LogP contribution < -0.4 is 5.32 Å². The first kappa shape index (κ1) is 23.0. The van der Waals surface area contributed by atoms with Gasteiger partial charge in [0.25, 0.3) is 0 Å². The van der Waals surface area contributed by atoms with E-state index in [1.165, 1.54) is 12.8 Å². The van der Waals surface area contributed by atoms with Gasteiger partial charge in [-0.1, -0.05) is 31.2 Å². The Morgan fingerprint density at radius 1 is 1.27 bits per heavy atom. The first-order valence-electron chi connectivity index (χ1n) is 8.55. The van der Waals surface area contributed by atoms with Gasteiger partial charge in [-0.2, -0.15) is 13.2 Å². The van der Waals surface area contributed by atoms with Gasteiger partial charge in [-0.15, -0.1) is 24.0 Å². The van der Waals surface area contributed by atoms with Crippen molar-refractivity contribution >= 4 is 29.9 Å². The van der Waals surface area contributed by atoms with Crippen LogP contribution in [-0.2, 0) is 17.9 Å². The van der Waals surface area contributed by atoms with E-state index >= 15 is 0 Å². The Hall–Kier alpha value is -1.03. The number of piperidine rings is 1. The van der Waals surface area contributed by atoms with E-state index < -0.39 is 12.8 Å². The van der Waals surface area contributed by atoms with Gasteiger partial charge >= 0.3 is 6.18 Å². The molecule has 0 aliphatic carbocycles. The third-order valence-electron chi connectivity index (χ3n) is 4.18. The molecule has 1 aliphatic heterocycles. The minimum Gasteiger partial charge on any atom is -0.367 e. The van der Waals surface area contributed by atoms with Gasteiger partial charge in [0.15, 0.2) is 5.96 Å². The van der Waals surface area contributed by atoms with Crippen molar-refractivity contribution in [2.75, 3.05) is 26.7 Å². The van der Waals surface area contributed by atoms with Crippen LogP contribution in [0.25, 0.3) is 0 Å². The minimum atomic E-state index is -4.29. The molecule has 0 bridgehead atoms. The Bertz CT molecular complexity index is 564. The van der Waals surface area contributed by atoms with Gasteiger partial charge in [0.05, 0.1) is 6.61 Å². The first-order chi connectivity index (χ1) is 11.9. The third-order valence-corrected chi connectivity index (χ3v) is 4.18. The summed E-state index contributed by atoms with van der Waals surface area (Å²) in [7, 11) is 1.78. The Morgan fingerprint density at radius 2 is 1.92 bits per heavy atom. The number of hydrogen-bond acceptors (Lipinski definition) is 2. The average molecular weight is 485 g/mol. The minimum absolute atomic E-state index is 0. The summed E-state index contributed by atoms with van der Waals surface area (Å²) < 4.78 is 40.8. The van der Waals surface area contributed by atoms with Crippen molar-refractivity contribution in [1.29, 1.82) is 0 Å². The predicted molar refractivity (Wildman–Crippen MR) is 108 cm³/mol. The summed E-state index contributed by atoms with van der Waals surface area (Å²) in [6.07, 6.45) is -1.86. The van der Waals surface area contributed by atoms with Crippen LogP contribution in [0.3, 0.4) is 0 Å². The fourth-order valence-electron chi connectivity index (χ4n) is 2.93. The Balaban J connectivity index is 0.00000338. The quantitative estimate of drug-likeness (QED) is 0.386. The van der Waals surface area contributed by atoms with Crippen molar-refractivity contribution in [3.05, 3.63) is 35.4 Å². The molecule has 1 atom stereocenters. The second kappa shape index (κ2) is 11.0. The maximum Gasteiger partial charge on any atom is 0.411 e. The molecule has 4 nitrogen and oxygen atoms in total. The highest BCUT2D eigenvalue weighted by molar-refractivity contribution is 14.0. The number of likely N-dealkylation sites (tertiary alicyclic amines) is 1. The van der Waals surface area contributed by atoms with Crippen molar-refractivity contribution in [2.24, 2.45) is 10.9 Å². The highest BCUT2D eigenvalue weighted by atomic mass is 127. The van der Waals surface area contributed by atoms with Crippen molar-refractivity contribution in [3.63, 3.8) is 0 Å². The zero-order chi connectivity index (χ0) is 18.3. The van der Waals surface area contributed by atoms with E-state index in [1.807, 2.05) is 12.1 Å².